The Labute approximate surface area is 158 Å². The molecule has 1 heterocycles. The smallest absolute Gasteiger partial charge is 0.310 e. The molecule has 1 aromatic carbocycles. The standard InChI is InChI=1S/C18H23ClO6S/c1-26(22,23)16-3-2-13(11-15(16)19)14(17(20)21)10-12-4-6-18(7-5-12)24-8-9-25-18/h2-3,11-12,14H,4-10H2,1H3,(H,20,21). The van der Waals surface area contributed by atoms with Gasteiger partial charge in [0.05, 0.1) is 29.0 Å². The van der Waals surface area contributed by atoms with E-state index < -0.39 is 27.5 Å². The third kappa shape index (κ3) is 4.22. The Bertz CT molecular complexity index is 775. The first kappa shape index (κ1) is 19.6. The number of carboxylic acids is 1. The van der Waals surface area contributed by atoms with Crippen LogP contribution in [0.5, 0.6) is 0 Å². The highest BCUT2D eigenvalue weighted by atomic mass is 35.5. The highest BCUT2D eigenvalue weighted by Crippen LogP contribution is 2.42. The summed E-state index contributed by atoms with van der Waals surface area (Å²) in [6, 6.07) is 4.40. The normalized spacial score (nSPS) is 21.8. The molecule has 3 rings (SSSR count). The zero-order valence-electron chi connectivity index (χ0n) is 14.6. The first-order valence-corrected chi connectivity index (χ1v) is 11.0. The minimum absolute atomic E-state index is 0.0159. The van der Waals surface area contributed by atoms with Crippen LogP contribution in [0.4, 0.5) is 0 Å². The summed E-state index contributed by atoms with van der Waals surface area (Å²) in [4.78, 5) is 11.8. The monoisotopic (exact) mass is 402 g/mol. The third-order valence-corrected chi connectivity index (χ3v) is 6.89. The number of hydrogen-bond acceptors (Lipinski definition) is 5. The van der Waals surface area contributed by atoms with Crippen LogP contribution in [0.3, 0.4) is 0 Å². The van der Waals surface area contributed by atoms with Gasteiger partial charge in [0.15, 0.2) is 15.6 Å². The number of sulfone groups is 1. The highest BCUT2D eigenvalue weighted by molar-refractivity contribution is 7.90. The van der Waals surface area contributed by atoms with Gasteiger partial charge in [0, 0.05) is 19.1 Å². The Kier molecular flexibility index (Phi) is 5.63. The summed E-state index contributed by atoms with van der Waals surface area (Å²) >= 11 is 6.08. The van der Waals surface area contributed by atoms with Gasteiger partial charge in [-0.3, -0.25) is 4.79 Å². The lowest BCUT2D eigenvalue weighted by molar-refractivity contribution is -0.183. The van der Waals surface area contributed by atoms with Gasteiger partial charge in [-0.1, -0.05) is 17.7 Å². The average Bonchev–Trinajstić information content (AvgIpc) is 3.01. The molecule has 2 aliphatic rings. The van der Waals surface area contributed by atoms with Gasteiger partial charge >= 0.3 is 5.97 Å². The maximum Gasteiger partial charge on any atom is 0.310 e. The van der Waals surface area contributed by atoms with E-state index in [0.717, 1.165) is 31.9 Å². The minimum Gasteiger partial charge on any atom is -0.481 e. The van der Waals surface area contributed by atoms with Crippen molar-refractivity contribution < 1.29 is 27.8 Å². The molecule has 1 aliphatic carbocycles. The first-order valence-electron chi connectivity index (χ1n) is 8.70. The second-order valence-corrected chi connectivity index (χ2v) is 9.53. The molecule has 1 saturated heterocycles. The number of carbonyl (C=O) groups is 1. The van der Waals surface area contributed by atoms with Crippen molar-refractivity contribution in [1.82, 2.24) is 0 Å². The molecule has 6 nitrogen and oxygen atoms in total. The second kappa shape index (κ2) is 7.46. The zero-order valence-corrected chi connectivity index (χ0v) is 16.2. The van der Waals surface area contributed by atoms with Crippen LogP contribution in [-0.4, -0.2) is 44.8 Å². The fraction of sp³-hybridized carbons (Fsp3) is 0.611. The van der Waals surface area contributed by atoms with Crippen molar-refractivity contribution in [2.45, 2.75) is 48.7 Å². The molecule has 0 radical (unpaired) electrons. The van der Waals surface area contributed by atoms with E-state index in [1.165, 1.54) is 12.1 Å². The summed E-state index contributed by atoms with van der Waals surface area (Å²) in [6.45, 7) is 1.24. The van der Waals surface area contributed by atoms with E-state index in [4.69, 9.17) is 21.1 Å². The van der Waals surface area contributed by atoms with E-state index in [1.807, 2.05) is 0 Å². The van der Waals surface area contributed by atoms with Crippen LogP contribution in [0.15, 0.2) is 23.1 Å². The van der Waals surface area contributed by atoms with Gasteiger partial charge in [-0.25, -0.2) is 8.42 Å². The van der Waals surface area contributed by atoms with Gasteiger partial charge in [0.2, 0.25) is 0 Å². The number of ether oxygens (including phenoxy) is 2. The van der Waals surface area contributed by atoms with E-state index in [1.54, 1.807) is 6.07 Å². The Morgan fingerprint density at radius 2 is 1.92 bits per heavy atom. The predicted octanol–water partition coefficient (Wildman–Crippen LogP) is 3.24. The zero-order chi connectivity index (χ0) is 18.9. The molecule has 144 valence electrons. The van der Waals surface area contributed by atoms with Crippen LogP contribution in [0, 0.1) is 5.92 Å². The maximum absolute atomic E-state index is 11.8. The molecular formula is C18H23ClO6S. The van der Waals surface area contributed by atoms with Crippen molar-refractivity contribution in [3.63, 3.8) is 0 Å². The number of rotatable bonds is 5. The van der Waals surface area contributed by atoms with Gasteiger partial charge in [-0.2, -0.15) is 0 Å². The fourth-order valence-corrected chi connectivity index (χ4v) is 5.22. The van der Waals surface area contributed by atoms with Crippen molar-refractivity contribution >= 4 is 27.4 Å². The molecule has 1 saturated carbocycles. The van der Waals surface area contributed by atoms with Gasteiger partial charge in [-0.05, 0) is 42.9 Å². The minimum atomic E-state index is -3.44. The molecule has 1 spiro atoms. The van der Waals surface area contributed by atoms with E-state index in [9.17, 15) is 18.3 Å². The molecule has 0 bridgehead atoms. The third-order valence-electron chi connectivity index (χ3n) is 5.31. The van der Waals surface area contributed by atoms with Crippen molar-refractivity contribution in [3.05, 3.63) is 28.8 Å². The second-order valence-electron chi connectivity index (χ2n) is 7.14. The Morgan fingerprint density at radius 3 is 2.42 bits per heavy atom. The number of hydrogen-bond donors (Lipinski definition) is 1. The molecule has 1 N–H and O–H groups in total. The Morgan fingerprint density at radius 1 is 1.31 bits per heavy atom. The van der Waals surface area contributed by atoms with Crippen molar-refractivity contribution in [1.29, 1.82) is 0 Å². The van der Waals surface area contributed by atoms with Gasteiger partial charge in [0.1, 0.15) is 0 Å². The maximum atomic E-state index is 11.8. The van der Waals surface area contributed by atoms with E-state index in [2.05, 4.69) is 0 Å². The molecular weight excluding hydrogens is 380 g/mol. The average molecular weight is 403 g/mol. The lowest BCUT2D eigenvalue weighted by Gasteiger charge is -2.36. The lowest BCUT2D eigenvalue weighted by Crippen LogP contribution is -2.35. The van der Waals surface area contributed by atoms with Crippen LogP contribution in [-0.2, 0) is 24.1 Å². The predicted molar refractivity (Wildman–Crippen MR) is 96.1 cm³/mol. The number of halogens is 1. The van der Waals surface area contributed by atoms with Crippen LogP contribution >= 0.6 is 11.6 Å². The molecule has 8 heteroatoms. The molecule has 2 fully saturated rings. The topological polar surface area (TPSA) is 89.9 Å². The molecule has 1 unspecified atom stereocenters. The van der Waals surface area contributed by atoms with Crippen molar-refractivity contribution in [3.8, 4) is 0 Å². The summed E-state index contributed by atoms with van der Waals surface area (Å²) in [5, 5.41) is 9.73. The first-order chi connectivity index (χ1) is 12.2. The summed E-state index contributed by atoms with van der Waals surface area (Å²) in [5.41, 5.74) is 0.531. The Hall–Kier alpha value is -1.15. The van der Waals surface area contributed by atoms with Crippen molar-refractivity contribution in [2.24, 2.45) is 5.92 Å². The van der Waals surface area contributed by atoms with Crippen LogP contribution in [0.1, 0.15) is 43.6 Å². The largest absolute Gasteiger partial charge is 0.481 e. The van der Waals surface area contributed by atoms with Crippen LogP contribution in [0.2, 0.25) is 5.02 Å². The molecule has 1 aromatic rings. The molecule has 1 atom stereocenters. The number of benzene rings is 1. The SMILES string of the molecule is CS(=O)(=O)c1ccc(C(CC2CCC3(CC2)OCCO3)C(=O)O)cc1Cl. The van der Waals surface area contributed by atoms with Crippen LogP contribution < -0.4 is 0 Å². The molecule has 1 aliphatic heterocycles. The lowest BCUT2D eigenvalue weighted by atomic mass is 9.78. The van der Waals surface area contributed by atoms with Gasteiger partial charge in [0.25, 0.3) is 0 Å². The Balaban J connectivity index is 1.72. The van der Waals surface area contributed by atoms with E-state index in [-0.39, 0.29) is 15.8 Å². The van der Waals surface area contributed by atoms with E-state index in [0.29, 0.717) is 25.2 Å². The van der Waals surface area contributed by atoms with E-state index >= 15 is 0 Å². The summed E-state index contributed by atoms with van der Waals surface area (Å²) in [6.07, 6.45) is 4.81. The molecule has 0 aromatic heterocycles. The van der Waals surface area contributed by atoms with Gasteiger partial charge in [-0.15, -0.1) is 0 Å². The summed E-state index contributed by atoms with van der Waals surface area (Å²) in [5.74, 6) is -1.86. The highest BCUT2D eigenvalue weighted by Gasteiger charge is 2.41. The summed E-state index contributed by atoms with van der Waals surface area (Å²) in [7, 11) is -3.44. The fourth-order valence-electron chi connectivity index (χ4n) is 3.89. The molecule has 26 heavy (non-hydrogen) atoms. The number of carboxylic acid groups (broad SMARTS) is 1. The molecule has 0 amide bonds. The van der Waals surface area contributed by atoms with Crippen LogP contribution in [0.25, 0.3) is 0 Å². The van der Waals surface area contributed by atoms with Gasteiger partial charge < -0.3 is 14.6 Å². The quantitative estimate of drug-likeness (QED) is 0.813. The van der Waals surface area contributed by atoms with Crippen molar-refractivity contribution in [2.75, 3.05) is 19.5 Å². The summed E-state index contributed by atoms with van der Waals surface area (Å²) < 4.78 is 34.8. The number of aliphatic carboxylic acids is 1.